The number of nitrogens with zero attached hydrogens (tertiary/aromatic N) is 1. The molecule has 0 aliphatic heterocycles. The summed E-state index contributed by atoms with van der Waals surface area (Å²) in [6.45, 7) is 5.81. The molecule has 6 nitrogen and oxygen atoms in total. The summed E-state index contributed by atoms with van der Waals surface area (Å²) in [6.07, 6.45) is 3.84. The first-order valence-electron chi connectivity index (χ1n) is 7.67. The van der Waals surface area contributed by atoms with Gasteiger partial charge in [0.15, 0.2) is 0 Å². The number of ether oxygens (including phenoxy) is 2. The smallest absolute Gasteiger partial charge is 0.307 e. The van der Waals surface area contributed by atoms with Gasteiger partial charge in [0.2, 0.25) is 6.54 Å². The van der Waals surface area contributed by atoms with Gasteiger partial charge >= 0.3 is 5.97 Å². The van der Waals surface area contributed by atoms with E-state index >= 15 is 0 Å². The summed E-state index contributed by atoms with van der Waals surface area (Å²) < 4.78 is 10.5. The van der Waals surface area contributed by atoms with Crippen LogP contribution in [0.25, 0.3) is 0 Å². The van der Waals surface area contributed by atoms with E-state index in [1.165, 1.54) is 5.57 Å². The average Bonchev–Trinajstić information content (AvgIpc) is 2.64. The molecule has 0 radical (unpaired) electrons. The third kappa shape index (κ3) is 3.66. The summed E-state index contributed by atoms with van der Waals surface area (Å²) in [7, 11) is 1.64. The SMILES string of the molecule is COCC1=C[C@H]2[C@@H](C1)C[C@]2(CC(=O)OC(C)(C)C)C[N+](=O)[O-]. The van der Waals surface area contributed by atoms with Crippen LogP contribution in [0.15, 0.2) is 11.6 Å². The Morgan fingerprint density at radius 3 is 2.73 bits per heavy atom. The molecule has 3 atom stereocenters. The van der Waals surface area contributed by atoms with E-state index in [0.29, 0.717) is 18.9 Å². The number of fused-ring (bicyclic) bond motifs is 1. The lowest BCUT2D eigenvalue weighted by Gasteiger charge is -2.49. The van der Waals surface area contributed by atoms with Gasteiger partial charge in [-0.1, -0.05) is 6.08 Å². The van der Waals surface area contributed by atoms with Crippen molar-refractivity contribution in [2.45, 2.75) is 45.6 Å². The van der Waals surface area contributed by atoms with Crippen LogP contribution in [0, 0.1) is 27.4 Å². The molecule has 0 N–H and O–H groups in total. The van der Waals surface area contributed by atoms with Crippen molar-refractivity contribution in [3.8, 4) is 0 Å². The van der Waals surface area contributed by atoms with Crippen LogP contribution >= 0.6 is 0 Å². The molecule has 0 heterocycles. The summed E-state index contributed by atoms with van der Waals surface area (Å²) >= 11 is 0. The molecule has 124 valence electrons. The predicted molar refractivity (Wildman–Crippen MR) is 80.9 cm³/mol. The Balaban J connectivity index is 2.10. The molecule has 2 aliphatic carbocycles. The molecule has 0 unspecified atom stereocenters. The molecule has 0 saturated heterocycles. The van der Waals surface area contributed by atoms with Gasteiger partial charge in [0.1, 0.15) is 5.60 Å². The van der Waals surface area contributed by atoms with E-state index in [-0.39, 0.29) is 29.8 Å². The molecule has 0 spiro atoms. The van der Waals surface area contributed by atoms with Crippen LogP contribution in [0.3, 0.4) is 0 Å². The highest BCUT2D eigenvalue weighted by Crippen LogP contribution is 2.60. The third-order valence-electron chi connectivity index (χ3n) is 4.51. The van der Waals surface area contributed by atoms with Crippen molar-refractivity contribution in [2.75, 3.05) is 20.3 Å². The van der Waals surface area contributed by atoms with Gasteiger partial charge in [-0.25, -0.2) is 0 Å². The zero-order chi connectivity index (χ0) is 16.5. The van der Waals surface area contributed by atoms with Gasteiger partial charge in [0.25, 0.3) is 0 Å². The molecule has 0 aromatic rings. The molecule has 2 rings (SSSR count). The van der Waals surface area contributed by atoms with Crippen molar-refractivity contribution in [3.63, 3.8) is 0 Å². The normalized spacial score (nSPS) is 30.3. The minimum atomic E-state index is -0.591. The first kappa shape index (κ1) is 16.9. The van der Waals surface area contributed by atoms with E-state index in [1.54, 1.807) is 27.9 Å². The Hall–Kier alpha value is -1.43. The van der Waals surface area contributed by atoms with Crippen LogP contribution in [0.4, 0.5) is 0 Å². The Labute approximate surface area is 131 Å². The van der Waals surface area contributed by atoms with Crippen LogP contribution < -0.4 is 0 Å². The van der Waals surface area contributed by atoms with Crippen molar-refractivity contribution in [3.05, 3.63) is 21.8 Å². The van der Waals surface area contributed by atoms with Gasteiger partial charge in [-0.05, 0) is 51.0 Å². The van der Waals surface area contributed by atoms with Crippen LogP contribution in [0.1, 0.15) is 40.0 Å². The minimum absolute atomic E-state index is 0.0931. The van der Waals surface area contributed by atoms with Gasteiger partial charge in [0.05, 0.1) is 18.4 Å². The first-order chi connectivity index (χ1) is 10.1. The number of hydrogen-bond donors (Lipinski definition) is 0. The number of allylic oxidation sites excluding steroid dienone is 1. The summed E-state index contributed by atoms with van der Waals surface area (Å²) in [4.78, 5) is 22.9. The lowest BCUT2D eigenvalue weighted by Crippen LogP contribution is -2.51. The second-order valence-electron chi connectivity index (χ2n) is 7.57. The van der Waals surface area contributed by atoms with Crippen molar-refractivity contribution in [1.29, 1.82) is 0 Å². The zero-order valence-corrected chi connectivity index (χ0v) is 13.8. The molecule has 0 bridgehead atoms. The van der Waals surface area contributed by atoms with Crippen molar-refractivity contribution in [2.24, 2.45) is 17.3 Å². The highest BCUT2D eigenvalue weighted by molar-refractivity contribution is 5.71. The largest absolute Gasteiger partial charge is 0.460 e. The molecule has 1 saturated carbocycles. The molecule has 0 amide bonds. The van der Waals surface area contributed by atoms with Gasteiger partial charge in [-0.2, -0.15) is 0 Å². The second-order valence-corrected chi connectivity index (χ2v) is 7.57. The molecule has 0 aromatic carbocycles. The quantitative estimate of drug-likeness (QED) is 0.326. The molecule has 22 heavy (non-hydrogen) atoms. The van der Waals surface area contributed by atoms with E-state index in [9.17, 15) is 14.9 Å². The number of carbonyl (C=O) groups is 1. The Kier molecular flexibility index (Phi) is 4.61. The van der Waals surface area contributed by atoms with Crippen LogP contribution in [-0.2, 0) is 14.3 Å². The summed E-state index contributed by atoms with van der Waals surface area (Å²) in [5.74, 6) is 0.157. The number of esters is 1. The lowest BCUT2D eigenvalue weighted by molar-refractivity contribution is -0.506. The number of rotatable bonds is 6. The average molecular weight is 311 g/mol. The van der Waals surface area contributed by atoms with Crippen LogP contribution in [-0.4, -0.2) is 36.8 Å². The molecule has 6 heteroatoms. The Morgan fingerprint density at radius 1 is 1.50 bits per heavy atom. The summed E-state index contributed by atoms with van der Waals surface area (Å²) in [5.41, 5.74) is 0.0290. The van der Waals surface area contributed by atoms with Crippen LogP contribution in [0.2, 0.25) is 0 Å². The number of nitro groups is 1. The first-order valence-corrected chi connectivity index (χ1v) is 7.67. The highest BCUT2D eigenvalue weighted by Gasteiger charge is 2.59. The molecule has 1 fully saturated rings. The van der Waals surface area contributed by atoms with Crippen LogP contribution in [0.5, 0.6) is 0 Å². The fourth-order valence-corrected chi connectivity index (χ4v) is 3.93. The predicted octanol–water partition coefficient (Wildman–Crippen LogP) is 2.59. The van der Waals surface area contributed by atoms with E-state index < -0.39 is 11.0 Å². The lowest BCUT2D eigenvalue weighted by atomic mass is 9.53. The Morgan fingerprint density at radius 2 is 2.18 bits per heavy atom. The van der Waals surface area contributed by atoms with Gasteiger partial charge < -0.3 is 9.47 Å². The van der Waals surface area contributed by atoms with E-state index in [0.717, 1.165) is 6.42 Å². The maximum atomic E-state index is 12.2. The minimum Gasteiger partial charge on any atom is -0.460 e. The molecule has 0 aromatic heterocycles. The van der Waals surface area contributed by atoms with Crippen molar-refractivity contribution in [1.82, 2.24) is 0 Å². The molecular formula is C16H25NO5. The maximum absolute atomic E-state index is 12.2. The zero-order valence-electron chi connectivity index (χ0n) is 13.8. The van der Waals surface area contributed by atoms with E-state index in [1.807, 2.05) is 0 Å². The fourth-order valence-electron chi connectivity index (χ4n) is 3.93. The number of hydrogen-bond acceptors (Lipinski definition) is 5. The summed E-state index contributed by atoms with van der Waals surface area (Å²) in [5, 5.41) is 11.1. The fraction of sp³-hybridized carbons (Fsp3) is 0.812. The monoisotopic (exact) mass is 311 g/mol. The molecular weight excluding hydrogens is 286 g/mol. The van der Waals surface area contributed by atoms with E-state index in [2.05, 4.69) is 6.08 Å². The third-order valence-corrected chi connectivity index (χ3v) is 4.51. The number of carbonyl (C=O) groups excluding carboxylic acids is 1. The van der Waals surface area contributed by atoms with Crippen molar-refractivity contribution < 1.29 is 19.2 Å². The second kappa shape index (κ2) is 5.99. The van der Waals surface area contributed by atoms with Gasteiger partial charge in [-0.3, -0.25) is 14.9 Å². The highest BCUT2D eigenvalue weighted by atomic mass is 16.6. The summed E-state index contributed by atoms with van der Waals surface area (Å²) in [6, 6.07) is 0. The molecule has 2 aliphatic rings. The van der Waals surface area contributed by atoms with Gasteiger partial charge in [-0.15, -0.1) is 0 Å². The standard InChI is InChI=1S/C16H25NO5/c1-15(2,3)22-14(18)8-16(10-17(19)20)7-12-5-11(9-21-4)6-13(12)16/h6,12-13H,5,7-10H2,1-4H3/t12-,13-,16-/m0/s1. The van der Waals surface area contributed by atoms with E-state index in [4.69, 9.17) is 9.47 Å². The topological polar surface area (TPSA) is 78.7 Å². The van der Waals surface area contributed by atoms with Crippen molar-refractivity contribution >= 4 is 5.97 Å². The Bertz CT molecular complexity index is 493. The van der Waals surface area contributed by atoms with Gasteiger partial charge in [0, 0.05) is 12.0 Å². The number of methoxy groups -OCH3 is 1. The maximum Gasteiger partial charge on any atom is 0.307 e.